The Hall–Kier alpha value is -1.84. The molecule has 4 saturated carbocycles. The minimum atomic E-state index is 0.0352. The summed E-state index contributed by atoms with van der Waals surface area (Å²) in [6.45, 7) is 0.890. The second-order valence-corrected chi connectivity index (χ2v) is 9.33. The van der Waals surface area contributed by atoms with Crippen LogP contribution in [-0.4, -0.2) is 35.3 Å². The van der Waals surface area contributed by atoms with E-state index in [0.29, 0.717) is 13.0 Å². The van der Waals surface area contributed by atoms with Crippen molar-refractivity contribution in [1.82, 2.24) is 10.2 Å². The van der Waals surface area contributed by atoms with Gasteiger partial charge in [0.25, 0.3) is 0 Å². The highest BCUT2D eigenvalue weighted by molar-refractivity contribution is 5.87. The molecule has 138 valence electrons. The molecule has 5 aliphatic rings. The van der Waals surface area contributed by atoms with Crippen LogP contribution < -0.4 is 5.32 Å². The van der Waals surface area contributed by atoms with Crippen molar-refractivity contribution in [3.63, 3.8) is 0 Å². The first-order valence-electron chi connectivity index (χ1n) is 10.2. The highest BCUT2D eigenvalue weighted by atomic mass is 16.2. The van der Waals surface area contributed by atoms with Crippen LogP contribution in [0.2, 0.25) is 0 Å². The van der Waals surface area contributed by atoms with Gasteiger partial charge in [-0.25, -0.2) is 0 Å². The van der Waals surface area contributed by atoms with Crippen molar-refractivity contribution in [2.45, 2.75) is 56.4 Å². The van der Waals surface area contributed by atoms with Crippen molar-refractivity contribution < 1.29 is 9.59 Å². The molecule has 0 spiro atoms. The predicted molar refractivity (Wildman–Crippen MR) is 99.4 cm³/mol. The lowest BCUT2D eigenvalue weighted by molar-refractivity contribution is -0.135. The molecular weight excluding hydrogens is 324 g/mol. The van der Waals surface area contributed by atoms with Gasteiger partial charge in [0.05, 0.1) is 6.54 Å². The van der Waals surface area contributed by atoms with Crippen molar-refractivity contribution in [2.75, 3.05) is 13.1 Å². The highest BCUT2D eigenvalue weighted by Gasteiger charge is 2.51. The first kappa shape index (κ1) is 16.3. The van der Waals surface area contributed by atoms with Crippen LogP contribution in [-0.2, 0) is 9.59 Å². The average Bonchev–Trinajstić information content (AvgIpc) is 2.94. The third-order valence-electron chi connectivity index (χ3n) is 7.26. The van der Waals surface area contributed by atoms with E-state index in [0.717, 1.165) is 37.0 Å². The minimum Gasteiger partial charge on any atom is -0.349 e. The van der Waals surface area contributed by atoms with Gasteiger partial charge in [0.15, 0.2) is 0 Å². The van der Waals surface area contributed by atoms with Gasteiger partial charge < -0.3 is 10.2 Å². The Kier molecular flexibility index (Phi) is 3.84. The van der Waals surface area contributed by atoms with Crippen molar-refractivity contribution in [1.29, 1.82) is 0 Å². The molecule has 4 heteroatoms. The van der Waals surface area contributed by atoms with Crippen molar-refractivity contribution in [3.8, 4) is 0 Å². The zero-order valence-corrected chi connectivity index (χ0v) is 15.3. The zero-order chi connectivity index (χ0) is 17.7. The molecule has 4 nitrogen and oxygen atoms in total. The molecule has 4 aliphatic carbocycles. The first-order chi connectivity index (χ1) is 12.6. The van der Waals surface area contributed by atoms with Gasteiger partial charge in [-0.05, 0) is 61.8 Å². The van der Waals surface area contributed by atoms with Crippen molar-refractivity contribution in [2.24, 2.45) is 17.8 Å². The highest BCUT2D eigenvalue weighted by Crippen LogP contribution is 2.55. The third kappa shape index (κ3) is 2.93. The Bertz CT molecular complexity index is 679. The fourth-order valence-electron chi connectivity index (χ4n) is 6.65. The molecular formula is C22H28N2O2. The number of benzene rings is 1. The first-order valence-corrected chi connectivity index (χ1v) is 10.2. The predicted octanol–water partition coefficient (Wildman–Crippen LogP) is 3.09. The van der Waals surface area contributed by atoms with E-state index < -0.39 is 0 Å². The molecule has 6 rings (SSSR count). The Morgan fingerprint density at radius 3 is 2.27 bits per heavy atom. The molecule has 26 heavy (non-hydrogen) atoms. The monoisotopic (exact) mass is 352 g/mol. The lowest BCUT2D eigenvalue weighted by Gasteiger charge is -2.57. The van der Waals surface area contributed by atoms with E-state index in [1.54, 1.807) is 4.90 Å². The van der Waals surface area contributed by atoms with Gasteiger partial charge in [0.1, 0.15) is 0 Å². The van der Waals surface area contributed by atoms with Gasteiger partial charge in [0, 0.05) is 24.4 Å². The van der Waals surface area contributed by atoms with Gasteiger partial charge in [-0.15, -0.1) is 0 Å². The van der Waals surface area contributed by atoms with E-state index >= 15 is 0 Å². The quantitative estimate of drug-likeness (QED) is 0.905. The van der Waals surface area contributed by atoms with Crippen LogP contribution >= 0.6 is 0 Å². The van der Waals surface area contributed by atoms with E-state index in [2.05, 4.69) is 17.4 Å². The molecule has 1 aromatic rings. The minimum absolute atomic E-state index is 0.0352. The molecule has 0 aromatic heterocycles. The molecule has 1 heterocycles. The molecule has 0 radical (unpaired) electrons. The summed E-state index contributed by atoms with van der Waals surface area (Å²) in [5, 5.41) is 3.39. The van der Waals surface area contributed by atoms with Crippen molar-refractivity contribution in [3.05, 3.63) is 35.9 Å². The summed E-state index contributed by atoms with van der Waals surface area (Å²) in [6, 6.07) is 10.2. The Morgan fingerprint density at radius 1 is 1.04 bits per heavy atom. The van der Waals surface area contributed by atoms with Gasteiger partial charge in [-0.3, -0.25) is 9.59 Å². The largest absolute Gasteiger partial charge is 0.349 e. The molecule has 2 amide bonds. The number of nitrogens with zero attached hydrogens (tertiary/aromatic N) is 1. The Balaban J connectivity index is 1.22. The standard InChI is InChI=1S/C22H28N2O2/c25-20(23-22-10-15-6-16(11-22)8-17(7-15)12-22)14-24-13-19(9-21(24)26)18-4-2-1-3-5-18/h1-5,15-17,19H,6-14H2,(H,23,25). The third-order valence-corrected chi connectivity index (χ3v) is 7.26. The van der Waals surface area contributed by atoms with E-state index in [1.165, 1.54) is 24.8 Å². The number of amides is 2. The lowest BCUT2D eigenvalue weighted by atomic mass is 9.53. The molecule has 4 bridgehead atoms. The summed E-state index contributed by atoms with van der Waals surface area (Å²) in [4.78, 5) is 26.9. The SMILES string of the molecule is O=C(CN1CC(c2ccccc2)CC1=O)NC12CC3CC(CC(C3)C1)C2. The average molecular weight is 352 g/mol. The summed E-state index contributed by atoms with van der Waals surface area (Å²) in [5.74, 6) is 2.83. The molecule has 1 aliphatic heterocycles. The van der Waals surface area contributed by atoms with E-state index in [1.807, 2.05) is 18.2 Å². The van der Waals surface area contributed by atoms with Crippen LogP contribution in [0.25, 0.3) is 0 Å². The smallest absolute Gasteiger partial charge is 0.240 e. The summed E-state index contributed by atoms with van der Waals surface area (Å²) >= 11 is 0. The number of carbonyl (C=O) groups excluding carboxylic acids is 2. The topological polar surface area (TPSA) is 49.4 Å². The second-order valence-electron chi connectivity index (χ2n) is 9.33. The van der Waals surface area contributed by atoms with E-state index in [9.17, 15) is 9.59 Å². The molecule has 1 atom stereocenters. The van der Waals surface area contributed by atoms with E-state index in [4.69, 9.17) is 0 Å². The maximum absolute atomic E-state index is 12.8. The van der Waals surface area contributed by atoms with Crippen LogP contribution in [0, 0.1) is 17.8 Å². The fourth-order valence-corrected chi connectivity index (χ4v) is 6.65. The maximum atomic E-state index is 12.8. The van der Waals surface area contributed by atoms with Gasteiger partial charge >= 0.3 is 0 Å². The molecule has 1 aromatic carbocycles. The van der Waals surface area contributed by atoms with E-state index in [-0.39, 0.29) is 29.8 Å². The zero-order valence-electron chi connectivity index (χ0n) is 15.3. The number of hydrogen-bond donors (Lipinski definition) is 1. The van der Waals surface area contributed by atoms with Crippen LogP contribution in [0.4, 0.5) is 0 Å². The fraction of sp³-hybridized carbons (Fsp3) is 0.636. The Labute approximate surface area is 155 Å². The normalized spacial score (nSPS) is 38.0. The number of hydrogen-bond acceptors (Lipinski definition) is 2. The molecule has 5 fully saturated rings. The number of nitrogens with one attached hydrogen (secondary N) is 1. The second kappa shape index (κ2) is 6.11. The number of likely N-dealkylation sites (tertiary alicyclic amines) is 1. The van der Waals surface area contributed by atoms with Gasteiger partial charge in [0.2, 0.25) is 11.8 Å². The van der Waals surface area contributed by atoms with Gasteiger partial charge in [-0.2, -0.15) is 0 Å². The van der Waals surface area contributed by atoms with Crippen molar-refractivity contribution >= 4 is 11.8 Å². The number of rotatable bonds is 4. The summed E-state index contributed by atoms with van der Waals surface area (Å²) in [7, 11) is 0. The Morgan fingerprint density at radius 2 is 1.65 bits per heavy atom. The summed E-state index contributed by atoms with van der Waals surface area (Å²) in [5.41, 5.74) is 1.23. The van der Waals surface area contributed by atoms with Crippen LogP contribution in [0.15, 0.2) is 30.3 Å². The van der Waals surface area contributed by atoms with Crippen LogP contribution in [0.3, 0.4) is 0 Å². The molecule has 1 saturated heterocycles. The van der Waals surface area contributed by atoms with Crippen LogP contribution in [0.1, 0.15) is 56.4 Å². The van der Waals surface area contributed by atoms with Gasteiger partial charge in [-0.1, -0.05) is 30.3 Å². The van der Waals surface area contributed by atoms with Crippen LogP contribution in [0.5, 0.6) is 0 Å². The summed E-state index contributed by atoms with van der Waals surface area (Å²) < 4.78 is 0. The lowest BCUT2D eigenvalue weighted by Crippen LogP contribution is -2.61. The maximum Gasteiger partial charge on any atom is 0.240 e. The molecule has 1 unspecified atom stereocenters. The molecule has 1 N–H and O–H groups in total. The number of carbonyl (C=O) groups is 2. The summed E-state index contributed by atoms with van der Waals surface area (Å²) in [6.07, 6.45) is 8.12.